The van der Waals surface area contributed by atoms with Crippen LogP contribution in [-0.2, 0) is 4.74 Å². The Kier molecular flexibility index (Phi) is 0.906. The van der Waals surface area contributed by atoms with Gasteiger partial charge in [0, 0.05) is 0 Å². The lowest BCUT2D eigenvalue weighted by atomic mass is 11.0. The molecule has 0 atom stereocenters. The van der Waals surface area contributed by atoms with Gasteiger partial charge in [-0.1, -0.05) is 0 Å². The monoisotopic (exact) mass is 100 g/mol. The van der Waals surface area contributed by atoms with E-state index in [0.29, 0.717) is 0 Å². The Hall–Kier alpha value is -0.700. The molecule has 0 spiro atoms. The normalized spacial score (nSPS) is 19.1. The molecule has 40 valence electrons. The highest BCUT2D eigenvalue weighted by atomic mass is 16.6. The first kappa shape index (κ1) is 4.46. The summed E-state index contributed by atoms with van der Waals surface area (Å²) < 4.78 is 4.79. The molecule has 1 fully saturated rings. The fourth-order valence-corrected chi connectivity index (χ4v) is 0.393. The van der Waals surface area contributed by atoms with Crippen LogP contribution in [0, 0.1) is 0 Å². The topological polar surface area (TPSA) is 38.3 Å². The maximum atomic E-state index is 4.79. The van der Waals surface area contributed by atoms with E-state index in [4.69, 9.17) is 4.74 Å². The molecule has 7 heavy (non-hydrogen) atoms. The fourth-order valence-electron chi connectivity index (χ4n) is 0.393. The van der Waals surface area contributed by atoms with E-state index in [1.807, 2.05) is 11.1 Å². The summed E-state index contributed by atoms with van der Waals surface area (Å²) in [5.41, 5.74) is 4.50. The van der Waals surface area contributed by atoms with E-state index in [-0.39, 0.29) is 0 Å². The standard InChI is InChI=1S/C3H3NO.CH5N/c1-3-4(1)2-5-3;1-2/h1H,2H2;2H2,1H3. The number of ether oxygens (including phenoxy) is 1. The molecule has 0 saturated carbocycles. The molecule has 0 aromatic heterocycles. The van der Waals surface area contributed by atoms with Crippen LogP contribution in [-0.4, -0.2) is 18.7 Å². The van der Waals surface area contributed by atoms with Gasteiger partial charge in [-0.05, 0) is 7.05 Å². The zero-order valence-corrected chi connectivity index (χ0v) is 4.22. The third-order valence-corrected chi connectivity index (χ3v) is 0.833. The van der Waals surface area contributed by atoms with Crippen molar-refractivity contribution in [3.8, 4) is 0 Å². The number of hydrogen-bond donors (Lipinski definition) is 1. The van der Waals surface area contributed by atoms with Crippen molar-refractivity contribution in [2.24, 2.45) is 5.73 Å². The minimum atomic E-state index is 0.801. The molecule has 0 bridgehead atoms. The second-order valence-corrected chi connectivity index (χ2v) is 1.21. The first-order chi connectivity index (χ1) is 3.47. The number of fused-ring (bicyclic) bond motifs is 1. The number of nitrogens with two attached hydrogens (primary N) is 1. The summed E-state index contributed by atoms with van der Waals surface area (Å²) in [6.07, 6.45) is 1.97. The van der Waals surface area contributed by atoms with Crippen molar-refractivity contribution in [3.63, 3.8) is 0 Å². The van der Waals surface area contributed by atoms with Crippen LogP contribution in [0.5, 0.6) is 0 Å². The van der Waals surface area contributed by atoms with Crippen molar-refractivity contribution in [3.05, 3.63) is 12.1 Å². The minimum Gasteiger partial charge on any atom is -0.456 e. The Labute approximate surface area is 42.4 Å². The second-order valence-electron chi connectivity index (χ2n) is 1.21. The predicted molar refractivity (Wildman–Crippen MR) is 26.0 cm³/mol. The molecule has 2 aliphatic heterocycles. The molecule has 3 heteroatoms. The van der Waals surface area contributed by atoms with Crippen molar-refractivity contribution >= 4 is 0 Å². The van der Waals surface area contributed by atoms with Crippen LogP contribution in [0.1, 0.15) is 0 Å². The van der Waals surface area contributed by atoms with Crippen LogP contribution in [0.25, 0.3) is 0 Å². The van der Waals surface area contributed by atoms with Crippen molar-refractivity contribution in [2.75, 3.05) is 13.8 Å². The average Bonchev–Trinajstić information content (AvgIpc) is 2.21. The van der Waals surface area contributed by atoms with Crippen LogP contribution in [0.2, 0.25) is 0 Å². The lowest BCUT2D eigenvalue weighted by Gasteiger charge is -2.13. The lowest BCUT2D eigenvalue weighted by molar-refractivity contribution is 0.0348. The average molecular weight is 100 g/mol. The van der Waals surface area contributed by atoms with E-state index in [2.05, 4.69) is 5.73 Å². The Morgan fingerprint density at radius 2 is 2.43 bits per heavy atom. The van der Waals surface area contributed by atoms with E-state index in [1.54, 1.807) is 0 Å². The smallest absolute Gasteiger partial charge is 0.215 e. The van der Waals surface area contributed by atoms with Gasteiger partial charge >= 0.3 is 0 Å². The Morgan fingerprint density at radius 3 is 2.43 bits per heavy atom. The van der Waals surface area contributed by atoms with Gasteiger partial charge in [-0.25, -0.2) is 0 Å². The van der Waals surface area contributed by atoms with Gasteiger partial charge in [0.1, 0.15) is 0 Å². The van der Waals surface area contributed by atoms with Gasteiger partial charge in [0.2, 0.25) is 5.88 Å². The van der Waals surface area contributed by atoms with E-state index < -0.39 is 0 Å². The quantitative estimate of drug-likeness (QED) is 0.452. The summed E-state index contributed by atoms with van der Waals surface area (Å²) >= 11 is 0. The molecule has 0 amide bonds. The highest BCUT2D eigenvalue weighted by Crippen LogP contribution is 2.30. The van der Waals surface area contributed by atoms with Crippen LogP contribution in [0.15, 0.2) is 12.1 Å². The summed E-state index contributed by atoms with van der Waals surface area (Å²) in [4.78, 5) is 2.04. The predicted octanol–water partition coefficient (Wildman–Crippen LogP) is -0.336. The van der Waals surface area contributed by atoms with Crippen LogP contribution in [0.4, 0.5) is 0 Å². The van der Waals surface area contributed by atoms with Crippen LogP contribution < -0.4 is 5.73 Å². The molecular weight excluding hydrogens is 92.1 g/mol. The van der Waals surface area contributed by atoms with Gasteiger partial charge in [-0.2, -0.15) is 0 Å². The van der Waals surface area contributed by atoms with Gasteiger partial charge < -0.3 is 10.5 Å². The van der Waals surface area contributed by atoms with Crippen molar-refractivity contribution in [1.82, 2.24) is 4.90 Å². The van der Waals surface area contributed by atoms with Gasteiger partial charge in [-0.3, -0.25) is 4.90 Å². The fraction of sp³-hybridized carbons (Fsp3) is 0.500. The molecule has 0 unspecified atom stereocenters. The van der Waals surface area contributed by atoms with Crippen molar-refractivity contribution in [1.29, 1.82) is 0 Å². The summed E-state index contributed by atoms with van der Waals surface area (Å²) in [5, 5.41) is 0. The zero-order valence-electron chi connectivity index (χ0n) is 4.22. The van der Waals surface area contributed by atoms with Gasteiger partial charge in [0.15, 0.2) is 6.73 Å². The Bertz CT molecular complexity index is 99.9. The first-order valence-corrected chi connectivity index (χ1v) is 2.16. The molecule has 1 saturated heterocycles. The molecule has 0 aliphatic carbocycles. The van der Waals surface area contributed by atoms with Gasteiger partial charge in [0.25, 0.3) is 0 Å². The maximum Gasteiger partial charge on any atom is 0.215 e. The lowest BCUT2D eigenvalue weighted by Crippen LogP contribution is -2.15. The highest BCUT2D eigenvalue weighted by molar-refractivity contribution is 5.16. The molecule has 3 nitrogen and oxygen atoms in total. The molecule has 2 heterocycles. The molecule has 0 radical (unpaired) electrons. The number of hydrogen-bond acceptors (Lipinski definition) is 3. The maximum absolute atomic E-state index is 4.79. The third kappa shape index (κ3) is 0.544. The van der Waals surface area contributed by atoms with E-state index in [9.17, 15) is 0 Å². The Balaban J connectivity index is 0.000000112. The number of rotatable bonds is 0. The van der Waals surface area contributed by atoms with E-state index in [1.165, 1.54) is 7.05 Å². The first-order valence-electron chi connectivity index (χ1n) is 2.16. The minimum absolute atomic E-state index is 0.801. The highest BCUT2D eigenvalue weighted by Gasteiger charge is 2.32. The van der Waals surface area contributed by atoms with Crippen molar-refractivity contribution < 1.29 is 4.74 Å². The van der Waals surface area contributed by atoms with E-state index >= 15 is 0 Å². The molecule has 2 rings (SSSR count). The summed E-state index contributed by atoms with van der Waals surface area (Å²) in [6.45, 7) is 0.801. The molecular formula is C4H8N2O. The molecule has 0 aromatic rings. The van der Waals surface area contributed by atoms with E-state index in [0.717, 1.165) is 12.6 Å². The molecule has 2 N–H and O–H groups in total. The molecule has 2 aliphatic rings. The van der Waals surface area contributed by atoms with Crippen LogP contribution in [0.3, 0.4) is 0 Å². The summed E-state index contributed by atoms with van der Waals surface area (Å²) in [5.74, 6) is 1.06. The van der Waals surface area contributed by atoms with Gasteiger partial charge in [0.05, 0.1) is 6.20 Å². The largest absolute Gasteiger partial charge is 0.456 e. The third-order valence-electron chi connectivity index (χ3n) is 0.833. The summed E-state index contributed by atoms with van der Waals surface area (Å²) in [7, 11) is 1.50. The molecule has 0 aromatic carbocycles. The van der Waals surface area contributed by atoms with Crippen molar-refractivity contribution in [2.45, 2.75) is 0 Å². The Morgan fingerprint density at radius 1 is 1.86 bits per heavy atom. The number of nitrogens with zero attached hydrogens (tertiary/aromatic N) is 1. The second kappa shape index (κ2) is 1.42. The zero-order chi connectivity index (χ0) is 5.28. The SMILES string of the molecule is C1=C2OCN12.CN. The van der Waals surface area contributed by atoms with Gasteiger partial charge in [-0.15, -0.1) is 0 Å². The van der Waals surface area contributed by atoms with Crippen LogP contribution >= 0.6 is 0 Å². The summed E-state index contributed by atoms with van der Waals surface area (Å²) in [6, 6.07) is 0.